The van der Waals surface area contributed by atoms with Crippen molar-refractivity contribution in [2.75, 3.05) is 5.73 Å². The van der Waals surface area contributed by atoms with Crippen molar-refractivity contribution in [3.8, 4) is 28.4 Å². The van der Waals surface area contributed by atoms with Crippen LogP contribution in [0.25, 0.3) is 11.1 Å². The number of nitrogen functional groups attached to an aromatic ring is 1. The van der Waals surface area contributed by atoms with E-state index in [4.69, 9.17) is 5.73 Å². The standard InChI is InChI=1S/C12H11NO3/c13-7-4-5-8(11(15)6-7)9-2-1-3-10(14)12(9)16/h1-6,14-16H,13H2. The maximum atomic E-state index is 9.69. The number of hydrogen-bond acceptors (Lipinski definition) is 4. The Hall–Kier alpha value is -2.36. The highest BCUT2D eigenvalue weighted by atomic mass is 16.3. The van der Waals surface area contributed by atoms with Crippen molar-refractivity contribution in [2.24, 2.45) is 0 Å². The molecule has 0 spiro atoms. The maximum Gasteiger partial charge on any atom is 0.165 e. The Bertz CT molecular complexity index is 538. The van der Waals surface area contributed by atoms with Gasteiger partial charge in [0.25, 0.3) is 0 Å². The molecule has 0 radical (unpaired) electrons. The molecule has 16 heavy (non-hydrogen) atoms. The van der Waals surface area contributed by atoms with Crippen LogP contribution in [0.3, 0.4) is 0 Å². The van der Waals surface area contributed by atoms with Crippen LogP contribution in [-0.4, -0.2) is 15.3 Å². The minimum absolute atomic E-state index is 0.0408. The Morgan fingerprint density at radius 1 is 0.812 bits per heavy atom. The molecule has 2 rings (SSSR count). The minimum Gasteiger partial charge on any atom is -0.507 e. The average Bonchev–Trinajstić information content (AvgIpc) is 2.23. The molecular formula is C12H11NO3. The second-order valence-electron chi connectivity index (χ2n) is 3.45. The van der Waals surface area contributed by atoms with E-state index in [-0.39, 0.29) is 17.2 Å². The Balaban J connectivity index is 2.63. The van der Waals surface area contributed by atoms with Gasteiger partial charge in [-0.25, -0.2) is 0 Å². The smallest absolute Gasteiger partial charge is 0.165 e. The first-order valence-electron chi connectivity index (χ1n) is 4.69. The predicted molar refractivity (Wildman–Crippen MR) is 61.3 cm³/mol. The largest absolute Gasteiger partial charge is 0.507 e. The van der Waals surface area contributed by atoms with Crippen molar-refractivity contribution in [1.29, 1.82) is 0 Å². The Morgan fingerprint density at radius 3 is 2.25 bits per heavy atom. The van der Waals surface area contributed by atoms with Gasteiger partial charge in [-0.15, -0.1) is 0 Å². The van der Waals surface area contributed by atoms with E-state index >= 15 is 0 Å². The molecule has 4 nitrogen and oxygen atoms in total. The van der Waals surface area contributed by atoms with Crippen molar-refractivity contribution in [3.05, 3.63) is 36.4 Å². The predicted octanol–water partition coefficient (Wildman–Crippen LogP) is 2.05. The molecule has 0 heterocycles. The highest BCUT2D eigenvalue weighted by Gasteiger charge is 2.11. The number of rotatable bonds is 1. The fraction of sp³-hybridized carbons (Fsp3) is 0. The Kier molecular flexibility index (Phi) is 2.32. The number of aromatic hydroxyl groups is 3. The summed E-state index contributed by atoms with van der Waals surface area (Å²) in [6.07, 6.45) is 0. The van der Waals surface area contributed by atoms with E-state index in [0.29, 0.717) is 16.8 Å². The molecule has 0 aliphatic heterocycles. The van der Waals surface area contributed by atoms with Crippen LogP contribution < -0.4 is 5.73 Å². The van der Waals surface area contributed by atoms with Crippen molar-refractivity contribution in [2.45, 2.75) is 0 Å². The molecule has 0 amide bonds. The number of benzene rings is 2. The lowest BCUT2D eigenvalue weighted by Gasteiger charge is -2.08. The van der Waals surface area contributed by atoms with Crippen LogP contribution in [-0.2, 0) is 0 Å². The summed E-state index contributed by atoms with van der Waals surface area (Å²) in [5.41, 5.74) is 6.71. The van der Waals surface area contributed by atoms with Gasteiger partial charge in [-0.05, 0) is 18.2 Å². The third-order valence-corrected chi connectivity index (χ3v) is 2.33. The molecule has 0 fully saturated rings. The fourth-order valence-electron chi connectivity index (χ4n) is 1.53. The van der Waals surface area contributed by atoms with E-state index in [0.717, 1.165) is 0 Å². The molecule has 2 aromatic rings. The van der Waals surface area contributed by atoms with Crippen molar-refractivity contribution in [3.63, 3.8) is 0 Å². The summed E-state index contributed by atoms with van der Waals surface area (Å²) < 4.78 is 0. The first-order valence-corrected chi connectivity index (χ1v) is 4.69. The lowest BCUT2D eigenvalue weighted by Crippen LogP contribution is -1.86. The van der Waals surface area contributed by atoms with Crippen molar-refractivity contribution >= 4 is 5.69 Å². The molecule has 5 N–H and O–H groups in total. The second kappa shape index (κ2) is 3.66. The fourth-order valence-corrected chi connectivity index (χ4v) is 1.53. The first kappa shape index (κ1) is 10.2. The summed E-state index contributed by atoms with van der Waals surface area (Å²) in [7, 11) is 0. The van der Waals surface area contributed by atoms with E-state index in [1.165, 1.54) is 12.1 Å². The zero-order valence-electron chi connectivity index (χ0n) is 8.38. The summed E-state index contributed by atoms with van der Waals surface area (Å²) in [5, 5.41) is 28.7. The highest BCUT2D eigenvalue weighted by molar-refractivity contribution is 5.78. The van der Waals surface area contributed by atoms with Crippen LogP contribution >= 0.6 is 0 Å². The van der Waals surface area contributed by atoms with E-state index < -0.39 is 0 Å². The van der Waals surface area contributed by atoms with Crippen molar-refractivity contribution in [1.82, 2.24) is 0 Å². The second-order valence-corrected chi connectivity index (χ2v) is 3.45. The first-order chi connectivity index (χ1) is 7.59. The van der Waals surface area contributed by atoms with Gasteiger partial charge in [0.1, 0.15) is 5.75 Å². The molecule has 0 aliphatic carbocycles. The summed E-state index contributed by atoms with van der Waals surface area (Å²) >= 11 is 0. The summed E-state index contributed by atoms with van der Waals surface area (Å²) in [5.74, 6) is -0.530. The molecular weight excluding hydrogens is 206 g/mol. The van der Waals surface area contributed by atoms with Crippen LogP contribution in [0.1, 0.15) is 0 Å². The van der Waals surface area contributed by atoms with Gasteiger partial charge in [0.15, 0.2) is 11.5 Å². The van der Waals surface area contributed by atoms with E-state index in [1.54, 1.807) is 24.3 Å². The number of anilines is 1. The van der Waals surface area contributed by atoms with E-state index in [9.17, 15) is 15.3 Å². The number of phenolic OH excluding ortho intramolecular Hbond substituents is 3. The summed E-state index contributed by atoms with van der Waals surface area (Å²) in [6.45, 7) is 0. The molecule has 0 aromatic heterocycles. The van der Waals surface area contributed by atoms with Crippen LogP contribution in [0.15, 0.2) is 36.4 Å². The van der Waals surface area contributed by atoms with Gasteiger partial charge in [0.05, 0.1) is 0 Å². The molecule has 0 atom stereocenters. The van der Waals surface area contributed by atoms with E-state index in [2.05, 4.69) is 0 Å². The number of phenols is 3. The SMILES string of the molecule is Nc1ccc(-c2cccc(O)c2O)c(O)c1. The summed E-state index contributed by atoms with van der Waals surface area (Å²) in [4.78, 5) is 0. The van der Waals surface area contributed by atoms with Crippen LogP contribution in [0.2, 0.25) is 0 Å². The number of hydrogen-bond donors (Lipinski definition) is 4. The van der Waals surface area contributed by atoms with Crippen molar-refractivity contribution < 1.29 is 15.3 Å². The molecule has 0 unspecified atom stereocenters. The lowest BCUT2D eigenvalue weighted by atomic mass is 10.0. The average molecular weight is 217 g/mol. The number of para-hydroxylation sites is 1. The molecule has 0 aliphatic rings. The summed E-state index contributed by atoms with van der Waals surface area (Å²) in [6, 6.07) is 9.13. The highest BCUT2D eigenvalue weighted by Crippen LogP contribution is 2.40. The van der Waals surface area contributed by atoms with Crippen LogP contribution in [0, 0.1) is 0 Å². The lowest BCUT2D eigenvalue weighted by molar-refractivity contribution is 0.405. The third-order valence-electron chi connectivity index (χ3n) is 2.33. The van der Waals surface area contributed by atoms with Gasteiger partial charge < -0.3 is 21.1 Å². The molecule has 4 heteroatoms. The topological polar surface area (TPSA) is 86.7 Å². The quantitative estimate of drug-likeness (QED) is 0.435. The van der Waals surface area contributed by atoms with Gasteiger partial charge in [-0.3, -0.25) is 0 Å². The Morgan fingerprint density at radius 2 is 1.56 bits per heavy atom. The molecule has 82 valence electrons. The van der Waals surface area contributed by atoms with E-state index in [1.807, 2.05) is 0 Å². The molecule has 0 saturated heterocycles. The maximum absolute atomic E-state index is 9.69. The van der Waals surface area contributed by atoms with Gasteiger partial charge in [0, 0.05) is 22.9 Å². The van der Waals surface area contributed by atoms with Gasteiger partial charge in [-0.2, -0.15) is 0 Å². The Labute approximate surface area is 92.2 Å². The molecule has 2 aromatic carbocycles. The zero-order valence-corrected chi connectivity index (χ0v) is 8.38. The van der Waals surface area contributed by atoms with Gasteiger partial charge >= 0.3 is 0 Å². The zero-order chi connectivity index (χ0) is 11.7. The number of nitrogens with two attached hydrogens (primary N) is 1. The van der Waals surface area contributed by atoms with Crippen LogP contribution in [0.5, 0.6) is 17.2 Å². The third kappa shape index (κ3) is 1.61. The van der Waals surface area contributed by atoms with Crippen LogP contribution in [0.4, 0.5) is 5.69 Å². The monoisotopic (exact) mass is 217 g/mol. The minimum atomic E-state index is -0.262. The molecule has 0 bridgehead atoms. The molecule has 0 saturated carbocycles. The normalized spacial score (nSPS) is 10.2. The van der Waals surface area contributed by atoms with Gasteiger partial charge in [-0.1, -0.05) is 12.1 Å². The van der Waals surface area contributed by atoms with Gasteiger partial charge in [0.2, 0.25) is 0 Å².